The number of likely N-dealkylation sites (tertiary alicyclic amines) is 1. The summed E-state index contributed by atoms with van der Waals surface area (Å²) in [4.78, 5) is 7.36. The Morgan fingerprint density at radius 1 is 0.920 bits per heavy atom. The molecule has 2 aromatic carbocycles. The summed E-state index contributed by atoms with van der Waals surface area (Å²) in [6, 6.07) is 20.9. The molecular formula is C22H24N2O. The van der Waals surface area contributed by atoms with E-state index in [0.717, 1.165) is 41.9 Å². The van der Waals surface area contributed by atoms with E-state index < -0.39 is 0 Å². The number of hydrogen-bond acceptors (Lipinski definition) is 3. The first-order valence-electron chi connectivity index (χ1n) is 9.16. The molecule has 128 valence electrons. The third-order valence-electron chi connectivity index (χ3n) is 4.84. The molecule has 1 aromatic heterocycles. The maximum atomic E-state index is 6.18. The van der Waals surface area contributed by atoms with Gasteiger partial charge in [-0.2, -0.15) is 0 Å². The Labute approximate surface area is 149 Å². The molecule has 0 unspecified atom stereocenters. The number of rotatable bonds is 6. The van der Waals surface area contributed by atoms with Crippen LogP contribution in [0.15, 0.2) is 60.7 Å². The van der Waals surface area contributed by atoms with E-state index in [1.165, 1.54) is 31.5 Å². The van der Waals surface area contributed by atoms with E-state index >= 15 is 0 Å². The van der Waals surface area contributed by atoms with E-state index in [1.807, 2.05) is 12.1 Å². The smallest absolute Gasteiger partial charge is 0.141 e. The van der Waals surface area contributed by atoms with Gasteiger partial charge in [-0.15, -0.1) is 0 Å². The van der Waals surface area contributed by atoms with Crippen molar-refractivity contribution in [3.05, 3.63) is 71.9 Å². The highest BCUT2D eigenvalue weighted by Crippen LogP contribution is 2.25. The standard InChI is InChI=1S/C22H24N2O/c1-2-8-18(9-3-1)16-21-22(25-15-14-24-12-6-7-13-24)17-19-10-4-5-11-20(19)23-21/h1-5,8-11,17H,6-7,12-16H2. The number of fused-ring (bicyclic) bond motifs is 1. The number of pyridine rings is 1. The Balaban J connectivity index is 1.56. The van der Waals surface area contributed by atoms with Gasteiger partial charge in [0.2, 0.25) is 0 Å². The molecule has 3 heteroatoms. The summed E-state index contributed by atoms with van der Waals surface area (Å²) in [6.07, 6.45) is 3.43. The van der Waals surface area contributed by atoms with E-state index in [1.54, 1.807) is 0 Å². The van der Waals surface area contributed by atoms with Crippen molar-refractivity contribution in [2.75, 3.05) is 26.2 Å². The lowest BCUT2D eigenvalue weighted by Gasteiger charge is -2.17. The quantitative estimate of drug-likeness (QED) is 0.673. The van der Waals surface area contributed by atoms with Gasteiger partial charge in [-0.05, 0) is 43.6 Å². The number of para-hydroxylation sites is 1. The maximum Gasteiger partial charge on any atom is 0.141 e. The zero-order chi connectivity index (χ0) is 16.9. The molecule has 0 bridgehead atoms. The molecule has 4 rings (SSSR count). The van der Waals surface area contributed by atoms with Crippen LogP contribution in [0.2, 0.25) is 0 Å². The molecule has 0 spiro atoms. The molecule has 2 heterocycles. The second kappa shape index (κ2) is 7.66. The second-order valence-corrected chi connectivity index (χ2v) is 6.69. The van der Waals surface area contributed by atoms with Crippen LogP contribution in [0, 0.1) is 0 Å². The SMILES string of the molecule is c1ccc(Cc2nc3ccccc3cc2OCCN2CCCC2)cc1. The van der Waals surface area contributed by atoms with Crippen LogP contribution in [0.4, 0.5) is 0 Å². The average Bonchev–Trinajstić information content (AvgIpc) is 3.16. The normalized spacial score (nSPS) is 14.9. The zero-order valence-electron chi connectivity index (χ0n) is 14.5. The van der Waals surface area contributed by atoms with E-state index in [4.69, 9.17) is 9.72 Å². The Hall–Kier alpha value is -2.39. The van der Waals surface area contributed by atoms with E-state index in [0.29, 0.717) is 0 Å². The van der Waals surface area contributed by atoms with E-state index in [-0.39, 0.29) is 0 Å². The average molecular weight is 332 g/mol. The molecule has 0 N–H and O–H groups in total. The van der Waals surface area contributed by atoms with Gasteiger partial charge >= 0.3 is 0 Å². The highest BCUT2D eigenvalue weighted by molar-refractivity contribution is 5.80. The molecular weight excluding hydrogens is 308 g/mol. The molecule has 1 aliphatic rings. The fourth-order valence-corrected chi connectivity index (χ4v) is 3.47. The fraction of sp³-hybridized carbons (Fsp3) is 0.318. The predicted molar refractivity (Wildman–Crippen MR) is 102 cm³/mol. The fourth-order valence-electron chi connectivity index (χ4n) is 3.47. The van der Waals surface area contributed by atoms with Crippen LogP contribution in [0.25, 0.3) is 10.9 Å². The Morgan fingerprint density at radius 2 is 1.68 bits per heavy atom. The molecule has 0 amide bonds. The van der Waals surface area contributed by atoms with Gasteiger partial charge in [0.25, 0.3) is 0 Å². The van der Waals surface area contributed by atoms with Crippen molar-refractivity contribution in [1.29, 1.82) is 0 Å². The van der Waals surface area contributed by atoms with Crippen LogP contribution in [0.1, 0.15) is 24.1 Å². The van der Waals surface area contributed by atoms with Gasteiger partial charge in [-0.1, -0.05) is 48.5 Å². The lowest BCUT2D eigenvalue weighted by Crippen LogP contribution is -2.25. The van der Waals surface area contributed by atoms with Crippen molar-refractivity contribution >= 4 is 10.9 Å². The summed E-state index contributed by atoms with van der Waals surface area (Å²) in [5, 5.41) is 1.13. The van der Waals surface area contributed by atoms with Gasteiger partial charge < -0.3 is 4.74 Å². The number of nitrogens with zero attached hydrogens (tertiary/aromatic N) is 2. The number of ether oxygens (including phenoxy) is 1. The first-order valence-corrected chi connectivity index (χ1v) is 9.16. The molecule has 1 aliphatic heterocycles. The summed E-state index contributed by atoms with van der Waals surface area (Å²) < 4.78 is 6.18. The van der Waals surface area contributed by atoms with E-state index in [9.17, 15) is 0 Å². The van der Waals surface area contributed by atoms with Crippen LogP contribution in [0.3, 0.4) is 0 Å². The van der Waals surface area contributed by atoms with Gasteiger partial charge in [0.05, 0.1) is 11.2 Å². The highest BCUT2D eigenvalue weighted by atomic mass is 16.5. The summed E-state index contributed by atoms with van der Waals surface area (Å²) in [5.74, 6) is 0.918. The molecule has 1 fully saturated rings. The number of hydrogen-bond donors (Lipinski definition) is 0. The molecule has 0 atom stereocenters. The van der Waals surface area contributed by atoms with Crippen LogP contribution >= 0.6 is 0 Å². The van der Waals surface area contributed by atoms with Gasteiger partial charge in [0, 0.05) is 18.4 Å². The van der Waals surface area contributed by atoms with Crippen molar-refractivity contribution in [3.8, 4) is 5.75 Å². The van der Waals surface area contributed by atoms with Crippen molar-refractivity contribution in [2.45, 2.75) is 19.3 Å². The molecule has 1 saturated heterocycles. The highest BCUT2D eigenvalue weighted by Gasteiger charge is 2.13. The molecule has 3 nitrogen and oxygen atoms in total. The first-order chi connectivity index (χ1) is 12.4. The van der Waals surface area contributed by atoms with Crippen molar-refractivity contribution in [2.24, 2.45) is 0 Å². The van der Waals surface area contributed by atoms with E-state index in [2.05, 4.69) is 53.4 Å². The molecule has 0 radical (unpaired) electrons. The zero-order valence-corrected chi connectivity index (χ0v) is 14.5. The van der Waals surface area contributed by atoms with Crippen LogP contribution in [-0.2, 0) is 6.42 Å². The summed E-state index contributed by atoms with van der Waals surface area (Å²) in [7, 11) is 0. The molecule has 3 aromatic rings. The van der Waals surface area contributed by atoms with Crippen molar-refractivity contribution < 1.29 is 4.74 Å². The van der Waals surface area contributed by atoms with Gasteiger partial charge in [0.1, 0.15) is 12.4 Å². The third-order valence-corrected chi connectivity index (χ3v) is 4.84. The lowest BCUT2D eigenvalue weighted by molar-refractivity contribution is 0.236. The van der Waals surface area contributed by atoms with Gasteiger partial charge in [0.15, 0.2) is 0 Å². The summed E-state index contributed by atoms with van der Waals surface area (Å²) in [5.41, 5.74) is 3.31. The van der Waals surface area contributed by atoms with Crippen LogP contribution in [0.5, 0.6) is 5.75 Å². The number of benzene rings is 2. The topological polar surface area (TPSA) is 25.4 Å². The van der Waals surface area contributed by atoms with Gasteiger partial charge in [-0.25, -0.2) is 4.98 Å². The molecule has 0 saturated carbocycles. The van der Waals surface area contributed by atoms with Crippen molar-refractivity contribution in [1.82, 2.24) is 9.88 Å². The Morgan fingerprint density at radius 3 is 2.52 bits per heavy atom. The number of aromatic nitrogens is 1. The Bertz CT molecular complexity index is 826. The molecule has 0 aliphatic carbocycles. The van der Waals surface area contributed by atoms with Gasteiger partial charge in [-0.3, -0.25) is 4.90 Å². The van der Waals surface area contributed by atoms with Crippen LogP contribution in [-0.4, -0.2) is 36.1 Å². The monoisotopic (exact) mass is 332 g/mol. The first kappa shape index (κ1) is 16.1. The second-order valence-electron chi connectivity index (χ2n) is 6.69. The third kappa shape index (κ3) is 3.99. The maximum absolute atomic E-state index is 6.18. The lowest BCUT2D eigenvalue weighted by atomic mass is 10.1. The minimum Gasteiger partial charge on any atom is -0.490 e. The van der Waals surface area contributed by atoms with Crippen LogP contribution < -0.4 is 4.74 Å². The molecule has 25 heavy (non-hydrogen) atoms. The largest absolute Gasteiger partial charge is 0.490 e. The Kier molecular flexibility index (Phi) is 4.93. The summed E-state index contributed by atoms with van der Waals surface area (Å²) >= 11 is 0. The minimum atomic E-state index is 0.724. The predicted octanol–water partition coefficient (Wildman–Crippen LogP) is 4.30. The summed E-state index contributed by atoms with van der Waals surface area (Å²) in [6.45, 7) is 4.13. The van der Waals surface area contributed by atoms with Crippen molar-refractivity contribution in [3.63, 3.8) is 0 Å². The minimum absolute atomic E-state index is 0.724.